The van der Waals surface area contributed by atoms with Gasteiger partial charge in [0.25, 0.3) is 5.56 Å². The van der Waals surface area contributed by atoms with Gasteiger partial charge in [-0.15, -0.1) is 0 Å². The minimum Gasteiger partial charge on any atom is -0.373 e. The number of rotatable bonds is 7. The highest BCUT2D eigenvalue weighted by atomic mass is 16.1. The summed E-state index contributed by atoms with van der Waals surface area (Å²) in [7, 11) is 1.94. The summed E-state index contributed by atoms with van der Waals surface area (Å²) in [4.78, 5) is 18.0. The van der Waals surface area contributed by atoms with E-state index in [9.17, 15) is 4.79 Å². The molecule has 1 N–H and O–H groups in total. The van der Waals surface area contributed by atoms with Gasteiger partial charge < -0.3 is 10.2 Å². The van der Waals surface area contributed by atoms with Crippen LogP contribution < -0.4 is 15.8 Å². The minimum atomic E-state index is -0.0732. The third-order valence-electron chi connectivity index (χ3n) is 3.32. The summed E-state index contributed by atoms with van der Waals surface area (Å²) in [5.41, 5.74) is 1.90. The zero-order valence-corrected chi connectivity index (χ0v) is 12.5. The van der Waals surface area contributed by atoms with E-state index in [1.807, 2.05) is 37.2 Å². The average Bonchev–Trinajstić information content (AvgIpc) is 2.53. The summed E-state index contributed by atoms with van der Waals surface area (Å²) in [6, 6.07) is 5.55. The molecule has 2 aromatic heterocycles. The first-order chi connectivity index (χ1) is 10.2. The topological polar surface area (TPSA) is 63.1 Å². The van der Waals surface area contributed by atoms with E-state index in [1.165, 1.54) is 4.68 Å². The smallest absolute Gasteiger partial charge is 0.268 e. The van der Waals surface area contributed by atoms with Gasteiger partial charge in [-0.25, -0.2) is 4.68 Å². The molecule has 0 bridgehead atoms. The van der Waals surface area contributed by atoms with Crippen molar-refractivity contribution >= 4 is 5.69 Å². The van der Waals surface area contributed by atoms with Crippen LogP contribution in [0.3, 0.4) is 0 Å². The molecule has 0 amide bonds. The van der Waals surface area contributed by atoms with Crippen molar-refractivity contribution in [2.45, 2.75) is 20.0 Å². The van der Waals surface area contributed by atoms with E-state index in [1.54, 1.807) is 18.5 Å². The Kier molecular flexibility index (Phi) is 5.45. The minimum absolute atomic E-state index is 0.0732. The van der Waals surface area contributed by atoms with Crippen LogP contribution in [0.1, 0.15) is 12.5 Å². The molecule has 2 aromatic rings. The molecule has 0 aromatic carbocycles. The Morgan fingerprint density at radius 2 is 2.24 bits per heavy atom. The molecule has 0 atom stereocenters. The lowest BCUT2D eigenvalue weighted by Gasteiger charge is -2.16. The first kappa shape index (κ1) is 15.2. The van der Waals surface area contributed by atoms with Crippen molar-refractivity contribution in [2.24, 2.45) is 0 Å². The predicted molar refractivity (Wildman–Crippen MR) is 83.4 cm³/mol. The number of hydrogen-bond donors (Lipinski definition) is 1. The van der Waals surface area contributed by atoms with E-state index in [0.717, 1.165) is 24.3 Å². The van der Waals surface area contributed by atoms with Crippen LogP contribution in [0.15, 0.2) is 41.6 Å². The summed E-state index contributed by atoms with van der Waals surface area (Å²) in [5.74, 6) is 0. The molecule has 0 saturated heterocycles. The molecular formula is C15H21N5O. The van der Waals surface area contributed by atoms with Gasteiger partial charge in [-0.3, -0.25) is 9.78 Å². The van der Waals surface area contributed by atoms with Crippen LogP contribution in [-0.4, -0.2) is 34.9 Å². The van der Waals surface area contributed by atoms with Crippen molar-refractivity contribution in [1.82, 2.24) is 20.1 Å². The summed E-state index contributed by atoms with van der Waals surface area (Å²) in [5, 5.41) is 7.48. The molecule has 6 heteroatoms. The molecule has 6 nitrogen and oxygen atoms in total. The third-order valence-corrected chi connectivity index (χ3v) is 3.32. The lowest BCUT2D eigenvalue weighted by atomic mass is 10.3. The predicted octanol–water partition coefficient (Wildman–Crippen LogP) is 0.884. The molecule has 0 fully saturated rings. The summed E-state index contributed by atoms with van der Waals surface area (Å²) in [6.45, 7) is 4.85. The van der Waals surface area contributed by atoms with E-state index in [4.69, 9.17) is 0 Å². The maximum atomic E-state index is 12.0. The molecule has 0 aliphatic heterocycles. The normalized spacial score (nSPS) is 10.6. The summed E-state index contributed by atoms with van der Waals surface area (Å²) in [6.07, 6.45) is 5.31. The standard InChI is InChI=1S/C15H21N5O/c1-3-19(2)14-9-15(21)20(18-12-14)8-7-17-11-13-5-4-6-16-10-13/h4-6,9-10,12,17H,3,7-8,11H2,1-2H3. The fraction of sp³-hybridized carbons (Fsp3) is 0.400. The zero-order chi connectivity index (χ0) is 15.1. The molecule has 0 unspecified atom stereocenters. The van der Waals surface area contributed by atoms with Crippen molar-refractivity contribution < 1.29 is 0 Å². The number of nitrogens with one attached hydrogen (secondary N) is 1. The van der Waals surface area contributed by atoms with Crippen molar-refractivity contribution in [3.63, 3.8) is 0 Å². The lowest BCUT2D eigenvalue weighted by Crippen LogP contribution is -2.29. The first-order valence-corrected chi connectivity index (χ1v) is 7.08. The Bertz CT molecular complexity index is 611. The Morgan fingerprint density at radius 3 is 2.90 bits per heavy atom. The SMILES string of the molecule is CCN(C)c1cnn(CCNCc2cccnc2)c(=O)c1. The number of pyridine rings is 1. The summed E-state index contributed by atoms with van der Waals surface area (Å²) < 4.78 is 1.48. The van der Waals surface area contributed by atoms with E-state index in [0.29, 0.717) is 13.1 Å². The molecule has 0 aliphatic rings. The maximum Gasteiger partial charge on any atom is 0.268 e. The third kappa shape index (κ3) is 4.39. The number of aromatic nitrogens is 3. The highest BCUT2D eigenvalue weighted by molar-refractivity contribution is 5.41. The molecule has 0 saturated carbocycles. The van der Waals surface area contributed by atoms with Crippen LogP contribution in [0.2, 0.25) is 0 Å². The second-order valence-corrected chi connectivity index (χ2v) is 4.83. The largest absolute Gasteiger partial charge is 0.373 e. The first-order valence-electron chi connectivity index (χ1n) is 7.08. The van der Waals surface area contributed by atoms with Gasteiger partial charge in [0.15, 0.2) is 0 Å². The van der Waals surface area contributed by atoms with Gasteiger partial charge >= 0.3 is 0 Å². The molecule has 0 spiro atoms. The van der Waals surface area contributed by atoms with E-state index in [2.05, 4.69) is 15.4 Å². The van der Waals surface area contributed by atoms with Gasteiger partial charge in [0.2, 0.25) is 0 Å². The van der Waals surface area contributed by atoms with E-state index < -0.39 is 0 Å². The molecule has 21 heavy (non-hydrogen) atoms. The lowest BCUT2D eigenvalue weighted by molar-refractivity contribution is 0.531. The number of anilines is 1. The van der Waals surface area contributed by atoms with Gasteiger partial charge in [-0.1, -0.05) is 6.07 Å². The van der Waals surface area contributed by atoms with Crippen molar-refractivity contribution in [1.29, 1.82) is 0 Å². The Morgan fingerprint density at radius 1 is 1.38 bits per heavy atom. The Hall–Kier alpha value is -2.21. The monoisotopic (exact) mass is 287 g/mol. The molecule has 112 valence electrons. The highest BCUT2D eigenvalue weighted by Crippen LogP contribution is 2.05. The van der Waals surface area contributed by atoms with Gasteiger partial charge in [0.1, 0.15) is 0 Å². The molecule has 2 rings (SSSR count). The molecular weight excluding hydrogens is 266 g/mol. The van der Waals surface area contributed by atoms with Crippen LogP contribution in [-0.2, 0) is 13.1 Å². The quantitative estimate of drug-likeness (QED) is 0.766. The van der Waals surface area contributed by atoms with Crippen LogP contribution in [0, 0.1) is 0 Å². The highest BCUT2D eigenvalue weighted by Gasteiger charge is 2.03. The van der Waals surface area contributed by atoms with Gasteiger partial charge in [0, 0.05) is 45.1 Å². The van der Waals surface area contributed by atoms with Crippen LogP contribution in [0.25, 0.3) is 0 Å². The van der Waals surface area contributed by atoms with Crippen LogP contribution in [0.4, 0.5) is 5.69 Å². The van der Waals surface area contributed by atoms with Crippen molar-refractivity contribution in [3.05, 3.63) is 52.7 Å². The zero-order valence-electron chi connectivity index (χ0n) is 12.5. The fourth-order valence-electron chi connectivity index (χ4n) is 1.90. The van der Waals surface area contributed by atoms with Crippen LogP contribution >= 0.6 is 0 Å². The van der Waals surface area contributed by atoms with Gasteiger partial charge in [-0.05, 0) is 18.6 Å². The Balaban J connectivity index is 1.85. The summed E-state index contributed by atoms with van der Waals surface area (Å²) >= 11 is 0. The van der Waals surface area contributed by atoms with E-state index >= 15 is 0 Å². The second-order valence-electron chi connectivity index (χ2n) is 4.83. The van der Waals surface area contributed by atoms with E-state index in [-0.39, 0.29) is 5.56 Å². The molecule has 0 radical (unpaired) electrons. The number of nitrogens with zero attached hydrogens (tertiary/aromatic N) is 4. The van der Waals surface area contributed by atoms with Crippen molar-refractivity contribution in [2.75, 3.05) is 25.0 Å². The fourth-order valence-corrected chi connectivity index (χ4v) is 1.90. The second kappa shape index (κ2) is 7.54. The van der Waals surface area contributed by atoms with Gasteiger partial charge in [0.05, 0.1) is 18.4 Å². The van der Waals surface area contributed by atoms with Gasteiger partial charge in [-0.2, -0.15) is 5.10 Å². The maximum absolute atomic E-state index is 12.0. The van der Waals surface area contributed by atoms with Crippen molar-refractivity contribution in [3.8, 4) is 0 Å². The number of hydrogen-bond acceptors (Lipinski definition) is 5. The Labute approximate surface area is 124 Å². The molecule has 0 aliphatic carbocycles. The molecule has 2 heterocycles. The average molecular weight is 287 g/mol. The van der Waals surface area contributed by atoms with Crippen LogP contribution in [0.5, 0.6) is 0 Å².